The molecule has 0 atom stereocenters. The fraction of sp³-hybridized carbons (Fsp3) is 0.133. The summed E-state index contributed by atoms with van der Waals surface area (Å²) in [4.78, 5) is 32.2. The number of ether oxygens (including phenoxy) is 1. The van der Waals surface area contributed by atoms with Gasteiger partial charge in [-0.2, -0.15) is 0 Å². The first kappa shape index (κ1) is 16.9. The van der Waals surface area contributed by atoms with E-state index in [1.807, 2.05) is 6.07 Å². The number of carbonyl (C=O) groups excluding carboxylic acids is 1. The number of rotatable bonds is 5. The first-order valence-electron chi connectivity index (χ1n) is 6.79. The van der Waals surface area contributed by atoms with Gasteiger partial charge in [0.15, 0.2) is 0 Å². The SMILES string of the molecule is Cc1cc([N+](=O)[O-])cc([N+](=O)[O-])c1NC(=O)OCc1ccccc1. The Labute approximate surface area is 136 Å². The Morgan fingerprint density at radius 2 is 1.79 bits per heavy atom. The number of nitro groups is 2. The smallest absolute Gasteiger partial charge is 0.412 e. The molecule has 124 valence electrons. The maximum absolute atomic E-state index is 11.8. The van der Waals surface area contributed by atoms with Crippen LogP contribution in [0.1, 0.15) is 11.1 Å². The standard InChI is InChI=1S/C15H13N3O6/c1-10-7-12(17(20)21)8-13(18(22)23)14(10)16-15(19)24-9-11-5-3-2-4-6-11/h2-8H,9H2,1H3,(H,16,19). The zero-order valence-electron chi connectivity index (χ0n) is 12.6. The van der Waals surface area contributed by atoms with Crippen LogP contribution in [0, 0.1) is 27.2 Å². The summed E-state index contributed by atoms with van der Waals surface area (Å²) >= 11 is 0. The van der Waals surface area contributed by atoms with Crippen LogP contribution in [0.15, 0.2) is 42.5 Å². The zero-order valence-corrected chi connectivity index (χ0v) is 12.6. The van der Waals surface area contributed by atoms with Gasteiger partial charge in [0.2, 0.25) is 0 Å². The molecule has 0 fully saturated rings. The molecule has 0 saturated carbocycles. The molecule has 0 heterocycles. The minimum absolute atomic E-state index is 0.00744. The van der Waals surface area contributed by atoms with Crippen LogP contribution in [-0.4, -0.2) is 15.9 Å². The first-order chi connectivity index (χ1) is 11.4. The summed E-state index contributed by atoms with van der Waals surface area (Å²) in [6.07, 6.45) is -0.890. The molecule has 0 aliphatic rings. The Balaban J connectivity index is 2.17. The van der Waals surface area contributed by atoms with E-state index in [-0.39, 0.29) is 17.9 Å². The number of anilines is 1. The monoisotopic (exact) mass is 331 g/mol. The van der Waals surface area contributed by atoms with Gasteiger partial charge in [0.1, 0.15) is 12.3 Å². The van der Waals surface area contributed by atoms with Crippen molar-refractivity contribution >= 4 is 23.2 Å². The second-order valence-corrected chi connectivity index (χ2v) is 4.86. The van der Waals surface area contributed by atoms with E-state index >= 15 is 0 Å². The second kappa shape index (κ2) is 7.18. The lowest BCUT2D eigenvalue weighted by Crippen LogP contribution is -2.15. The molecule has 2 aromatic rings. The molecule has 0 radical (unpaired) electrons. The van der Waals surface area contributed by atoms with Crippen molar-refractivity contribution in [1.82, 2.24) is 0 Å². The summed E-state index contributed by atoms with van der Waals surface area (Å²) < 4.78 is 4.99. The summed E-state index contributed by atoms with van der Waals surface area (Å²) in [7, 11) is 0. The van der Waals surface area contributed by atoms with Crippen molar-refractivity contribution in [3.05, 3.63) is 73.8 Å². The second-order valence-electron chi connectivity index (χ2n) is 4.86. The number of hydrogen-bond acceptors (Lipinski definition) is 6. The molecule has 0 unspecified atom stereocenters. The molecular formula is C15H13N3O6. The molecule has 0 aliphatic carbocycles. The van der Waals surface area contributed by atoms with Crippen molar-refractivity contribution in [2.75, 3.05) is 5.32 Å². The summed E-state index contributed by atoms with van der Waals surface area (Å²) in [6.45, 7) is 1.42. The Morgan fingerprint density at radius 3 is 2.38 bits per heavy atom. The zero-order chi connectivity index (χ0) is 17.7. The molecule has 0 spiro atoms. The summed E-state index contributed by atoms with van der Waals surface area (Å²) in [5.41, 5.74) is -0.195. The van der Waals surface area contributed by atoms with E-state index in [9.17, 15) is 25.0 Å². The van der Waals surface area contributed by atoms with E-state index in [4.69, 9.17) is 4.74 Å². The number of benzene rings is 2. The van der Waals surface area contributed by atoms with Gasteiger partial charge in [0, 0.05) is 6.07 Å². The third-order valence-corrected chi connectivity index (χ3v) is 3.15. The highest BCUT2D eigenvalue weighted by molar-refractivity contribution is 5.89. The van der Waals surface area contributed by atoms with E-state index in [1.54, 1.807) is 24.3 Å². The predicted molar refractivity (Wildman–Crippen MR) is 84.7 cm³/mol. The average Bonchev–Trinajstić information content (AvgIpc) is 2.55. The van der Waals surface area contributed by atoms with Crippen molar-refractivity contribution in [3.63, 3.8) is 0 Å². The number of hydrogen-bond donors (Lipinski definition) is 1. The van der Waals surface area contributed by atoms with Crippen molar-refractivity contribution in [2.24, 2.45) is 0 Å². The molecule has 24 heavy (non-hydrogen) atoms. The fourth-order valence-corrected chi connectivity index (χ4v) is 2.02. The largest absolute Gasteiger partial charge is 0.444 e. The highest BCUT2D eigenvalue weighted by Gasteiger charge is 2.24. The van der Waals surface area contributed by atoms with Crippen molar-refractivity contribution in [2.45, 2.75) is 13.5 Å². The van der Waals surface area contributed by atoms with Gasteiger partial charge >= 0.3 is 6.09 Å². The highest BCUT2D eigenvalue weighted by Crippen LogP contribution is 2.32. The van der Waals surface area contributed by atoms with Gasteiger partial charge in [0.25, 0.3) is 11.4 Å². The van der Waals surface area contributed by atoms with E-state index in [2.05, 4.69) is 5.32 Å². The third-order valence-electron chi connectivity index (χ3n) is 3.15. The van der Waals surface area contributed by atoms with Gasteiger partial charge in [-0.05, 0) is 18.1 Å². The van der Waals surface area contributed by atoms with Gasteiger partial charge in [-0.15, -0.1) is 0 Å². The molecule has 1 N–H and O–H groups in total. The molecule has 1 amide bonds. The van der Waals surface area contributed by atoms with Crippen LogP contribution < -0.4 is 5.32 Å². The quantitative estimate of drug-likeness (QED) is 0.659. The highest BCUT2D eigenvalue weighted by atomic mass is 16.6. The van der Waals surface area contributed by atoms with Crippen LogP contribution >= 0.6 is 0 Å². The number of amides is 1. The number of aryl methyl sites for hydroxylation is 1. The maximum Gasteiger partial charge on any atom is 0.412 e. The Morgan fingerprint density at radius 1 is 1.12 bits per heavy atom. The Hall–Kier alpha value is -3.49. The number of carbonyl (C=O) groups is 1. The van der Waals surface area contributed by atoms with Gasteiger partial charge in [-0.1, -0.05) is 30.3 Å². The van der Waals surface area contributed by atoms with Crippen molar-refractivity contribution in [1.29, 1.82) is 0 Å². The Kier molecular flexibility index (Phi) is 5.05. The molecule has 0 aliphatic heterocycles. The van der Waals surface area contributed by atoms with Crippen LogP contribution in [-0.2, 0) is 11.3 Å². The normalized spacial score (nSPS) is 10.0. The van der Waals surface area contributed by atoms with Gasteiger partial charge in [0.05, 0.1) is 15.9 Å². The van der Waals surface area contributed by atoms with Crippen LogP contribution in [0.5, 0.6) is 0 Å². The molecule has 0 aromatic heterocycles. The number of non-ortho nitro benzene ring substituents is 1. The lowest BCUT2D eigenvalue weighted by atomic mass is 10.1. The third kappa shape index (κ3) is 4.03. The van der Waals surface area contributed by atoms with Gasteiger partial charge < -0.3 is 4.74 Å². The lowest BCUT2D eigenvalue weighted by molar-refractivity contribution is -0.393. The minimum atomic E-state index is -0.890. The van der Waals surface area contributed by atoms with Crippen LogP contribution in [0.25, 0.3) is 0 Å². The lowest BCUT2D eigenvalue weighted by Gasteiger charge is -2.10. The van der Waals surface area contributed by atoms with Crippen LogP contribution in [0.2, 0.25) is 0 Å². The topological polar surface area (TPSA) is 125 Å². The first-order valence-corrected chi connectivity index (χ1v) is 6.79. The van der Waals surface area contributed by atoms with Crippen LogP contribution in [0.4, 0.5) is 21.9 Å². The summed E-state index contributed by atoms with van der Waals surface area (Å²) in [6, 6.07) is 10.8. The Bertz CT molecular complexity index is 791. The molecular weight excluding hydrogens is 318 g/mol. The number of nitrogens with one attached hydrogen (secondary N) is 1. The van der Waals surface area contributed by atoms with Crippen molar-refractivity contribution < 1.29 is 19.4 Å². The van der Waals surface area contributed by atoms with Gasteiger partial charge in [-0.25, -0.2) is 4.79 Å². The molecule has 2 rings (SSSR count). The van der Waals surface area contributed by atoms with E-state index in [0.29, 0.717) is 0 Å². The van der Waals surface area contributed by atoms with E-state index in [0.717, 1.165) is 17.7 Å². The van der Waals surface area contributed by atoms with E-state index in [1.165, 1.54) is 6.92 Å². The molecule has 9 nitrogen and oxygen atoms in total. The maximum atomic E-state index is 11.8. The van der Waals surface area contributed by atoms with Gasteiger partial charge in [-0.3, -0.25) is 25.5 Å². The van der Waals surface area contributed by atoms with E-state index < -0.39 is 27.3 Å². The molecule has 9 heteroatoms. The number of nitro benzene ring substituents is 2. The minimum Gasteiger partial charge on any atom is -0.444 e. The fourth-order valence-electron chi connectivity index (χ4n) is 2.02. The predicted octanol–water partition coefficient (Wildman–Crippen LogP) is 3.56. The van der Waals surface area contributed by atoms with Crippen molar-refractivity contribution in [3.8, 4) is 0 Å². The average molecular weight is 331 g/mol. The molecule has 0 bridgehead atoms. The molecule has 0 saturated heterocycles. The summed E-state index contributed by atoms with van der Waals surface area (Å²) in [5, 5.41) is 24.2. The molecule has 2 aromatic carbocycles. The van der Waals surface area contributed by atoms with Crippen LogP contribution in [0.3, 0.4) is 0 Å². The number of nitrogens with zero attached hydrogens (tertiary/aromatic N) is 2. The summed E-state index contributed by atoms with van der Waals surface area (Å²) in [5.74, 6) is 0.